The van der Waals surface area contributed by atoms with Gasteiger partial charge in [0.25, 0.3) is 0 Å². The van der Waals surface area contributed by atoms with E-state index in [1.807, 2.05) is 0 Å². The molecule has 6 atom stereocenters. The molecular weight excluding hydrogens is 192 g/mol. The normalized spacial score (nSPS) is 46.3. The second-order valence-electron chi connectivity index (χ2n) is 3.69. The summed E-state index contributed by atoms with van der Waals surface area (Å²) in [5, 5.41) is 55.1. The zero-order chi connectivity index (χ0) is 10.9. The van der Waals surface area contributed by atoms with Gasteiger partial charge in [0.1, 0.15) is 12.2 Å². The fourth-order valence-electron chi connectivity index (χ4n) is 1.76. The van der Waals surface area contributed by atoms with Gasteiger partial charge in [-0.25, -0.2) is 0 Å². The van der Waals surface area contributed by atoms with E-state index in [0.717, 1.165) is 0 Å². The Balaban J connectivity index is 2.70. The predicted molar refractivity (Wildman–Crippen MR) is 45.2 cm³/mol. The number of hydrogen-bond acceptors (Lipinski definition) is 6. The van der Waals surface area contributed by atoms with Gasteiger partial charge in [0.15, 0.2) is 0 Å². The van der Waals surface area contributed by atoms with Crippen molar-refractivity contribution < 1.29 is 30.6 Å². The Hall–Kier alpha value is -0.240. The van der Waals surface area contributed by atoms with E-state index in [1.54, 1.807) is 0 Å². The maximum absolute atomic E-state index is 9.43. The lowest BCUT2D eigenvalue weighted by Crippen LogP contribution is -2.56. The Kier molecular flexibility index (Phi) is 3.82. The molecule has 1 fully saturated rings. The Bertz CT molecular complexity index is 187. The SMILES string of the molecule is OC[C@H](O)[C@@H]1C[C@@H](O)[C@@H](O)[C@H](O)[C@@H]1O. The quantitative estimate of drug-likeness (QED) is 0.284. The van der Waals surface area contributed by atoms with Gasteiger partial charge in [0.2, 0.25) is 0 Å². The first-order chi connectivity index (χ1) is 6.49. The molecule has 1 aliphatic rings. The topological polar surface area (TPSA) is 121 Å². The predicted octanol–water partition coefficient (Wildman–Crippen LogP) is -3.20. The van der Waals surface area contributed by atoms with Crippen LogP contribution in [0.15, 0.2) is 0 Å². The molecule has 6 N–H and O–H groups in total. The average molecular weight is 208 g/mol. The fourth-order valence-corrected chi connectivity index (χ4v) is 1.76. The summed E-state index contributed by atoms with van der Waals surface area (Å²) >= 11 is 0. The largest absolute Gasteiger partial charge is 0.394 e. The third kappa shape index (κ3) is 2.05. The highest BCUT2D eigenvalue weighted by Crippen LogP contribution is 2.28. The van der Waals surface area contributed by atoms with Gasteiger partial charge in [-0.3, -0.25) is 0 Å². The molecule has 0 spiro atoms. The van der Waals surface area contributed by atoms with Gasteiger partial charge in [-0.05, 0) is 6.42 Å². The Labute approximate surface area is 81.1 Å². The highest BCUT2D eigenvalue weighted by molar-refractivity contribution is 4.94. The number of hydrogen-bond donors (Lipinski definition) is 6. The maximum Gasteiger partial charge on any atom is 0.109 e. The zero-order valence-corrected chi connectivity index (χ0v) is 7.56. The molecule has 0 heterocycles. The van der Waals surface area contributed by atoms with Crippen molar-refractivity contribution in [3.63, 3.8) is 0 Å². The summed E-state index contributed by atoms with van der Waals surface area (Å²) in [6.45, 7) is -0.558. The second kappa shape index (κ2) is 4.52. The minimum atomic E-state index is -1.50. The summed E-state index contributed by atoms with van der Waals surface area (Å²) in [5.74, 6) is -0.826. The molecule has 0 bridgehead atoms. The molecule has 0 radical (unpaired) electrons. The van der Waals surface area contributed by atoms with E-state index in [4.69, 9.17) is 5.11 Å². The van der Waals surface area contributed by atoms with E-state index in [2.05, 4.69) is 0 Å². The van der Waals surface area contributed by atoms with Gasteiger partial charge in [-0.2, -0.15) is 0 Å². The fraction of sp³-hybridized carbons (Fsp3) is 1.00. The van der Waals surface area contributed by atoms with E-state index < -0.39 is 43.0 Å². The summed E-state index contributed by atoms with van der Waals surface area (Å²) in [7, 11) is 0. The van der Waals surface area contributed by atoms with Crippen molar-refractivity contribution in [1.29, 1.82) is 0 Å². The molecule has 84 valence electrons. The van der Waals surface area contributed by atoms with Crippen LogP contribution in [-0.2, 0) is 0 Å². The van der Waals surface area contributed by atoms with Crippen molar-refractivity contribution >= 4 is 0 Å². The van der Waals surface area contributed by atoms with Crippen LogP contribution in [0.25, 0.3) is 0 Å². The second-order valence-corrected chi connectivity index (χ2v) is 3.69. The molecular formula is C8H16O6. The van der Waals surface area contributed by atoms with Crippen LogP contribution in [0.3, 0.4) is 0 Å². The molecule has 6 heteroatoms. The number of aliphatic hydroxyl groups is 6. The van der Waals surface area contributed by atoms with E-state index in [1.165, 1.54) is 0 Å². The van der Waals surface area contributed by atoms with Crippen LogP contribution in [-0.4, -0.2) is 67.8 Å². The average Bonchev–Trinajstić information content (AvgIpc) is 2.19. The number of aliphatic hydroxyl groups excluding tert-OH is 6. The van der Waals surface area contributed by atoms with E-state index in [9.17, 15) is 25.5 Å². The molecule has 0 aliphatic heterocycles. The van der Waals surface area contributed by atoms with Crippen LogP contribution < -0.4 is 0 Å². The van der Waals surface area contributed by atoms with E-state index >= 15 is 0 Å². The molecule has 1 saturated carbocycles. The van der Waals surface area contributed by atoms with Gasteiger partial charge in [-0.1, -0.05) is 0 Å². The third-order valence-corrected chi connectivity index (χ3v) is 2.73. The Morgan fingerprint density at radius 3 is 2.07 bits per heavy atom. The van der Waals surface area contributed by atoms with Gasteiger partial charge in [-0.15, -0.1) is 0 Å². The van der Waals surface area contributed by atoms with Gasteiger partial charge >= 0.3 is 0 Å². The lowest BCUT2D eigenvalue weighted by molar-refractivity contribution is -0.177. The minimum Gasteiger partial charge on any atom is -0.394 e. The van der Waals surface area contributed by atoms with Gasteiger partial charge < -0.3 is 30.6 Å². The summed E-state index contributed by atoms with van der Waals surface area (Å²) in [4.78, 5) is 0. The standard InChI is InChI=1S/C8H16O6/c9-2-5(11)3-1-4(10)7(13)8(14)6(3)12/h3-14H,1-2H2/t3-,4+,5-,6+,7+,8+/m0/s1. The maximum atomic E-state index is 9.43. The third-order valence-electron chi connectivity index (χ3n) is 2.73. The minimum absolute atomic E-state index is 0.0544. The van der Waals surface area contributed by atoms with Crippen LogP contribution in [0.1, 0.15) is 6.42 Å². The van der Waals surface area contributed by atoms with Gasteiger partial charge in [0.05, 0.1) is 24.9 Å². The first kappa shape index (κ1) is 11.8. The van der Waals surface area contributed by atoms with Crippen LogP contribution in [0.2, 0.25) is 0 Å². The summed E-state index contributed by atoms with van der Waals surface area (Å²) in [5.41, 5.74) is 0. The summed E-state index contributed by atoms with van der Waals surface area (Å²) in [6, 6.07) is 0. The van der Waals surface area contributed by atoms with E-state index in [-0.39, 0.29) is 6.42 Å². The molecule has 0 amide bonds. The van der Waals surface area contributed by atoms with Crippen molar-refractivity contribution in [2.75, 3.05) is 6.61 Å². The smallest absolute Gasteiger partial charge is 0.109 e. The molecule has 1 rings (SSSR count). The molecule has 0 aromatic carbocycles. The highest BCUT2D eigenvalue weighted by Gasteiger charge is 2.44. The van der Waals surface area contributed by atoms with Crippen molar-refractivity contribution in [1.82, 2.24) is 0 Å². The molecule has 6 nitrogen and oxygen atoms in total. The van der Waals surface area contributed by atoms with Crippen molar-refractivity contribution in [2.24, 2.45) is 5.92 Å². The molecule has 0 aromatic rings. The van der Waals surface area contributed by atoms with E-state index in [0.29, 0.717) is 0 Å². The molecule has 14 heavy (non-hydrogen) atoms. The number of rotatable bonds is 2. The van der Waals surface area contributed by atoms with Crippen LogP contribution >= 0.6 is 0 Å². The van der Waals surface area contributed by atoms with Crippen molar-refractivity contribution in [3.8, 4) is 0 Å². The lowest BCUT2D eigenvalue weighted by atomic mass is 9.78. The van der Waals surface area contributed by atoms with Crippen molar-refractivity contribution in [3.05, 3.63) is 0 Å². The van der Waals surface area contributed by atoms with Crippen molar-refractivity contribution in [2.45, 2.75) is 36.9 Å². The molecule has 0 unspecified atom stereocenters. The monoisotopic (exact) mass is 208 g/mol. The van der Waals surface area contributed by atoms with Crippen LogP contribution in [0.5, 0.6) is 0 Å². The Morgan fingerprint density at radius 1 is 1.00 bits per heavy atom. The first-order valence-electron chi connectivity index (χ1n) is 4.50. The van der Waals surface area contributed by atoms with Gasteiger partial charge in [0, 0.05) is 5.92 Å². The van der Waals surface area contributed by atoms with Crippen LogP contribution in [0, 0.1) is 5.92 Å². The molecule has 1 aliphatic carbocycles. The first-order valence-corrected chi connectivity index (χ1v) is 4.50. The summed E-state index contributed by atoms with van der Waals surface area (Å²) < 4.78 is 0. The highest BCUT2D eigenvalue weighted by atomic mass is 16.4. The Morgan fingerprint density at radius 2 is 1.57 bits per heavy atom. The lowest BCUT2D eigenvalue weighted by Gasteiger charge is -2.39. The van der Waals surface area contributed by atoms with Crippen LogP contribution in [0.4, 0.5) is 0 Å². The molecule has 0 aromatic heterocycles. The zero-order valence-electron chi connectivity index (χ0n) is 7.56. The summed E-state index contributed by atoms with van der Waals surface area (Å²) in [6.07, 6.45) is -6.70. The molecule has 0 saturated heterocycles.